The second-order valence-corrected chi connectivity index (χ2v) is 5.66. The van der Waals surface area contributed by atoms with Crippen molar-refractivity contribution in [1.29, 1.82) is 0 Å². The minimum atomic E-state index is -0.0514. The van der Waals surface area contributed by atoms with Crippen molar-refractivity contribution < 1.29 is 14.3 Å². The standard InChI is InChI=1S/C15H22N2O3/c1-11-3-4-13(16(11)2)14(18)17-7-5-12(6-8-17)15-19-9-10-20-15/h3-4,12,15H,5-10H2,1-2H3. The van der Waals surface area contributed by atoms with Gasteiger partial charge in [0.25, 0.3) is 5.91 Å². The van der Waals surface area contributed by atoms with E-state index in [9.17, 15) is 4.79 Å². The number of aromatic nitrogens is 1. The summed E-state index contributed by atoms with van der Waals surface area (Å²) in [4.78, 5) is 14.4. The van der Waals surface area contributed by atoms with Gasteiger partial charge in [0.2, 0.25) is 0 Å². The minimum Gasteiger partial charge on any atom is -0.350 e. The van der Waals surface area contributed by atoms with Gasteiger partial charge >= 0.3 is 0 Å². The molecule has 0 aromatic carbocycles. The molecule has 1 aromatic heterocycles. The highest BCUT2D eigenvalue weighted by molar-refractivity contribution is 5.93. The van der Waals surface area contributed by atoms with Crippen molar-refractivity contribution in [2.24, 2.45) is 13.0 Å². The fourth-order valence-corrected chi connectivity index (χ4v) is 3.01. The molecule has 1 amide bonds. The Kier molecular flexibility index (Phi) is 3.81. The minimum absolute atomic E-state index is 0.0514. The Bertz CT molecular complexity index is 483. The quantitative estimate of drug-likeness (QED) is 0.824. The van der Waals surface area contributed by atoms with E-state index in [4.69, 9.17) is 9.47 Å². The van der Waals surface area contributed by atoms with Crippen LogP contribution in [0.4, 0.5) is 0 Å². The van der Waals surface area contributed by atoms with Crippen LogP contribution in [-0.4, -0.2) is 48.0 Å². The molecule has 0 radical (unpaired) electrons. The molecule has 0 unspecified atom stereocenters. The Morgan fingerprint density at radius 2 is 1.85 bits per heavy atom. The summed E-state index contributed by atoms with van der Waals surface area (Å²) in [6.45, 7) is 4.99. The maximum Gasteiger partial charge on any atom is 0.270 e. The Labute approximate surface area is 119 Å². The molecule has 5 nitrogen and oxygen atoms in total. The molecule has 0 aliphatic carbocycles. The number of likely N-dealkylation sites (tertiary alicyclic amines) is 1. The van der Waals surface area contributed by atoms with E-state index in [1.807, 2.05) is 35.6 Å². The Morgan fingerprint density at radius 3 is 2.40 bits per heavy atom. The molecular formula is C15H22N2O3. The van der Waals surface area contributed by atoms with Crippen LogP contribution in [0, 0.1) is 12.8 Å². The predicted molar refractivity (Wildman–Crippen MR) is 74.5 cm³/mol. The number of carbonyl (C=O) groups is 1. The van der Waals surface area contributed by atoms with Crippen LogP contribution in [-0.2, 0) is 16.5 Å². The fraction of sp³-hybridized carbons (Fsp3) is 0.667. The first-order valence-corrected chi connectivity index (χ1v) is 7.31. The molecule has 0 saturated carbocycles. The maximum absolute atomic E-state index is 12.5. The molecule has 0 spiro atoms. The fourth-order valence-electron chi connectivity index (χ4n) is 3.01. The van der Waals surface area contributed by atoms with Crippen molar-refractivity contribution in [3.8, 4) is 0 Å². The molecule has 0 atom stereocenters. The second kappa shape index (κ2) is 5.58. The average Bonchev–Trinajstić information content (AvgIpc) is 3.10. The molecule has 3 rings (SSSR count). The average molecular weight is 278 g/mol. The van der Waals surface area contributed by atoms with Gasteiger partial charge in [-0.05, 0) is 31.9 Å². The van der Waals surface area contributed by atoms with E-state index in [1.165, 1.54) is 0 Å². The molecular weight excluding hydrogens is 256 g/mol. The van der Waals surface area contributed by atoms with E-state index >= 15 is 0 Å². The number of aryl methyl sites for hydroxylation is 1. The van der Waals surface area contributed by atoms with Crippen molar-refractivity contribution in [2.75, 3.05) is 26.3 Å². The Morgan fingerprint density at radius 1 is 1.20 bits per heavy atom. The lowest BCUT2D eigenvalue weighted by molar-refractivity contribution is -0.0956. The van der Waals surface area contributed by atoms with Gasteiger partial charge < -0.3 is 18.9 Å². The van der Waals surface area contributed by atoms with Crippen molar-refractivity contribution >= 4 is 5.91 Å². The van der Waals surface area contributed by atoms with Crippen molar-refractivity contribution in [3.63, 3.8) is 0 Å². The van der Waals surface area contributed by atoms with Crippen LogP contribution in [0.5, 0.6) is 0 Å². The zero-order valence-electron chi connectivity index (χ0n) is 12.2. The summed E-state index contributed by atoms with van der Waals surface area (Å²) in [6.07, 6.45) is 1.86. The number of amides is 1. The van der Waals surface area contributed by atoms with Gasteiger partial charge in [0.05, 0.1) is 13.2 Å². The van der Waals surface area contributed by atoms with Crippen LogP contribution in [0.2, 0.25) is 0 Å². The smallest absolute Gasteiger partial charge is 0.270 e. The SMILES string of the molecule is Cc1ccc(C(=O)N2CCC(C3OCCO3)CC2)n1C. The molecule has 1 aromatic rings. The van der Waals surface area contributed by atoms with Crippen LogP contribution in [0.25, 0.3) is 0 Å². The number of ether oxygens (including phenoxy) is 2. The van der Waals surface area contributed by atoms with Crippen LogP contribution in [0.1, 0.15) is 29.0 Å². The first kappa shape index (κ1) is 13.6. The summed E-state index contributed by atoms with van der Waals surface area (Å²) < 4.78 is 13.1. The van der Waals surface area contributed by atoms with E-state index in [-0.39, 0.29) is 12.2 Å². The molecule has 2 saturated heterocycles. The molecule has 5 heteroatoms. The molecule has 2 fully saturated rings. The highest BCUT2D eigenvalue weighted by Crippen LogP contribution is 2.26. The summed E-state index contributed by atoms with van der Waals surface area (Å²) in [5.74, 6) is 0.559. The molecule has 2 aliphatic heterocycles. The normalized spacial score (nSPS) is 21.6. The van der Waals surface area contributed by atoms with Crippen molar-refractivity contribution in [2.45, 2.75) is 26.1 Å². The second-order valence-electron chi connectivity index (χ2n) is 5.66. The van der Waals surface area contributed by atoms with Gasteiger partial charge in [-0.1, -0.05) is 0 Å². The third-order valence-electron chi connectivity index (χ3n) is 4.45. The number of hydrogen-bond acceptors (Lipinski definition) is 3. The summed E-state index contributed by atoms with van der Waals surface area (Å²) >= 11 is 0. The highest BCUT2D eigenvalue weighted by Gasteiger charge is 2.32. The van der Waals surface area contributed by atoms with Crippen LogP contribution in [0.3, 0.4) is 0 Å². The zero-order valence-corrected chi connectivity index (χ0v) is 12.2. The van der Waals surface area contributed by atoms with E-state index in [0.29, 0.717) is 19.1 Å². The molecule has 110 valence electrons. The Hall–Kier alpha value is -1.33. The van der Waals surface area contributed by atoms with E-state index in [0.717, 1.165) is 37.3 Å². The topological polar surface area (TPSA) is 43.7 Å². The highest BCUT2D eigenvalue weighted by atomic mass is 16.7. The van der Waals surface area contributed by atoms with Gasteiger partial charge in [-0.25, -0.2) is 0 Å². The van der Waals surface area contributed by atoms with E-state index < -0.39 is 0 Å². The van der Waals surface area contributed by atoms with Crippen LogP contribution in [0.15, 0.2) is 12.1 Å². The Balaban J connectivity index is 1.60. The van der Waals surface area contributed by atoms with Crippen molar-refractivity contribution in [3.05, 3.63) is 23.5 Å². The predicted octanol–water partition coefficient (Wildman–Crippen LogP) is 1.56. The maximum atomic E-state index is 12.5. The van der Waals surface area contributed by atoms with Gasteiger partial charge in [-0.2, -0.15) is 0 Å². The number of carbonyl (C=O) groups excluding carboxylic acids is 1. The number of rotatable bonds is 2. The van der Waals surface area contributed by atoms with Crippen LogP contribution < -0.4 is 0 Å². The first-order chi connectivity index (χ1) is 9.66. The number of nitrogens with zero attached hydrogens (tertiary/aromatic N) is 2. The summed E-state index contributed by atoms with van der Waals surface area (Å²) in [7, 11) is 1.94. The zero-order chi connectivity index (χ0) is 14.1. The lowest BCUT2D eigenvalue weighted by Crippen LogP contribution is -2.42. The molecule has 20 heavy (non-hydrogen) atoms. The molecule has 0 bridgehead atoms. The third-order valence-corrected chi connectivity index (χ3v) is 4.45. The number of hydrogen-bond donors (Lipinski definition) is 0. The summed E-state index contributed by atoms with van der Waals surface area (Å²) in [5, 5.41) is 0. The third kappa shape index (κ3) is 2.47. The molecule has 3 heterocycles. The van der Waals surface area contributed by atoms with E-state index in [1.54, 1.807) is 0 Å². The molecule has 0 N–H and O–H groups in total. The van der Waals surface area contributed by atoms with Gasteiger partial charge in [-0.3, -0.25) is 4.79 Å². The van der Waals surface area contributed by atoms with E-state index in [2.05, 4.69) is 0 Å². The monoisotopic (exact) mass is 278 g/mol. The van der Waals surface area contributed by atoms with Gasteiger partial charge in [0.15, 0.2) is 6.29 Å². The summed E-state index contributed by atoms with van der Waals surface area (Å²) in [6, 6.07) is 3.90. The molecule has 2 aliphatic rings. The van der Waals surface area contributed by atoms with Crippen molar-refractivity contribution in [1.82, 2.24) is 9.47 Å². The first-order valence-electron chi connectivity index (χ1n) is 7.31. The summed E-state index contributed by atoms with van der Waals surface area (Å²) in [5.41, 5.74) is 1.88. The lowest BCUT2D eigenvalue weighted by Gasteiger charge is -2.33. The van der Waals surface area contributed by atoms with Gasteiger partial charge in [-0.15, -0.1) is 0 Å². The van der Waals surface area contributed by atoms with Crippen LogP contribution >= 0.6 is 0 Å². The largest absolute Gasteiger partial charge is 0.350 e. The number of piperidine rings is 1. The lowest BCUT2D eigenvalue weighted by atomic mass is 9.96. The van der Waals surface area contributed by atoms with Gasteiger partial charge in [0.1, 0.15) is 5.69 Å². The van der Waals surface area contributed by atoms with Gasteiger partial charge in [0, 0.05) is 31.7 Å².